The van der Waals surface area contributed by atoms with Crippen LogP contribution in [0.25, 0.3) is 10.8 Å². The second kappa shape index (κ2) is 4.34. The maximum atomic E-state index is 10.1. The van der Waals surface area contributed by atoms with Crippen molar-refractivity contribution in [1.82, 2.24) is 0 Å². The summed E-state index contributed by atoms with van der Waals surface area (Å²) in [4.78, 5) is 0. The highest BCUT2D eigenvalue weighted by Gasteiger charge is 2.17. The average Bonchev–Trinajstić information content (AvgIpc) is 2.36. The number of fused-ring (bicyclic) bond motifs is 1. The van der Waals surface area contributed by atoms with Crippen molar-refractivity contribution < 1.29 is 5.11 Å². The number of aliphatic hydroxyl groups excluding tert-OH is 1. The van der Waals surface area contributed by atoms with Crippen LogP contribution >= 0.6 is 0 Å². The predicted octanol–water partition coefficient (Wildman–Crippen LogP) is 3.03. The lowest BCUT2D eigenvalue weighted by molar-refractivity contribution is 0.144. The van der Waals surface area contributed by atoms with E-state index in [0.29, 0.717) is 0 Å². The van der Waals surface area contributed by atoms with Crippen molar-refractivity contribution in [3.8, 4) is 6.07 Å². The van der Waals surface area contributed by atoms with Crippen molar-refractivity contribution >= 4 is 10.8 Å². The Labute approximate surface area is 94.8 Å². The van der Waals surface area contributed by atoms with E-state index in [4.69, 9.17) is 5.26 Å². The zero-order valence-electron chi connectivity index (χ0n) is 9.09. The van der Waals surface area contributed by atoms with Gasteiger partial charge in [-0.1, -0.05) is 42.5 Å². The number of benzene rings is 2. The Hall–Kier alpha value is -1.85. The van der Waals surface area contributed by atoms with Gasteiger partial charge in [0.25, 0.3) is 0 Å². The highest BCUT2D eigenvalue weighted by molar-refractivity contribution is 5.86. The molecule has 0 fully saturated rings. The van der Waals surface area contributed by atoms with E-state index in [2.05, 4.69) is 6.07 Å². The molecular weight excluding hydrogens is 198 g/mol. The number of aliphatic hydroxyl groups is 1. The third-order valence-electron chi connectivity index (χ3n) is 2.82. The van der Waals surface area contributed by atoms with Crippen LogP contribution in [0.2, 0.25) is 0 Å². The zero-order valence-corrected chi connectivity index (χ0v) is 9.09. The molecule has 2 heteroatoms. The first-order chi connectivity index (χ1) is 7.74. The van der Waals surface area contributed by atoms with Gasteiger partial charge in [-0.3, -0.25) is 0 Å². The summed E-state index contributed by atoms with van der Waals surface area (Å²) >= 11 is 0. The van der Waals surface area contributed by atoms with E-state index in [9.17, 15) is 5.11 Å². The van der Waals surface area contributed by atoms with Crippen LogP contribution in [-0.4, -0.2) is 5.11 Å². The lowest BCUT2D eigenvalue weighted by Gasteiger charge is -2.15. The highest BCUT2D eigenvalue weighted by Crippen LogP contribution is 2.28. The van der Waals surface area contributed by atoms with E-state index >= 15 is 0 Å². The SMILES string of the molecule is CC(C#N)C(O)c1cccc2ccccc12. The molecule has 16 heavy (non-hydrogen) atoms. The van der Waals surface area contributed by atoms with Crippen molar-refractivity contribution in [2.45, 2.75) is 13.0 Å². The Morgan fingerprint density at radius 3 is 2.56 bits per heavy atom. The van der Waals surface area contributed by atoms with E-state index in [1.807, 2.05) is 42.5 Å². The standard InChI is InChI=1S/C14H13NO/c1-10(9-15)14(16)13-8-4-6-11-5-2-3-7-12(11)13/h2-8,10,14,16H,1H3. The maximum Gasteiger partial charge on any atom is 0.0951 e. The lowest BCUT2D eigenvalue weighted by atomic mass is 9.94. The molecule has 0 aromatic heterocycles. The predicted molar refractivity (Wildman–Crippen MR) is 63.7 cm³/mol. The van der Waals surface area contributed by atoms with Crippen molar-refractivity contribution in [2.24, 2.45) is 5.92 Å². The minimum absolute atomic E-state index is 0.397. The van der Waals surface area contributed by atoms with Crippen LogP contribution in [0.5, 0.6) is 0 Å². The minimum atomic E-state index is -0.726. The summed E-state index contributed by atoms with van der Waals surface area (Å²) < 4.78 is 0. The van der Waals surface area contributed by atoms with Gasteiger partial charge in [0, 0.05) is 0 Å². The second-order valence-corrected chi connectivity index (χ2v) is 3.93. The topological polar surface area (TPSA) is 44.0 Å². The van der Waals surface area contributed by atoms with Gasteiger partial charge in [-0.2, -0.15) is 5.26 Å². The van der Waals surface area contributed by atoms with Crippen LogP contribution in [0.1, 0.15) is 18.6 Å². The first-order valence-electron chi connectivity index (χ1n) is 5.29. The molecule has 2 unspecified atom stereocenters. The molecule has 2 aromatic rings. The normalized spacial score (nSPS) is 14.3. The van der Waals surface area contributed by atoms with Crippen LogP contribution in [0, 0.1) is 17.2 Å². The molecule has 0 heterocycles. The summed E-state index contributed by atoms with van der Waals surface area (Å²) in [6.45, 7) is 1.73. The molecule has 0 aliphatic rings. The van der Waals surface area contributed by atoms with Gasteiger partial charge in [0.05, 0.1) is 18.1 Å². The molecule has 80 valence electrons. The Morgan fingerprint density at radius 1 is 1.12 bits per heavy atom. The monoisotopic (exact) mass is 211 g/mol. The van der Waals surface area contributed by atoms with Gasteiger partial charge in [-0.05, 0) is 23.3 Å². The fourth-order valence-corrected chi connectivity index (χ4v) is 1.85. The molecule has 0 saturated carbocycles. The fourth-order valence-electron chi connectivity index (χ4n) is 1.85. The first-order valence-corrected chi connectivity index (χ1v) is 5.29. The van der Waals surface area contributed by atoms with E-state index < -0.39 is 12.0 Å². The van der Waals surface area contributed by atoms with Crippen molar-refractivity contribution in [3.05, 3.63) is 48.0 Å². The molecule has 0 aliphatic carbocycles. The average molecular weight is 211 g/mol. The van der Waals surface area contributed by atoms with Gasteiger partial charge >= 0.3 is 0 Å². The molecule has 2 rings (SSSR count). The lowest BCUT2D eigenvalue weighted by Crippen LogP contribution is -2.07. The Balaban J connectivity index is 2.57. The summed E-state index contributed by atoms with van der Waals surface area (Å²) in [6.07, 6.45) is -0.726. The molecule has 1 N–H and O–H groups in total. The molecule has 2 nitrogen and oxygen atoms in total. The number of hydrogen-bond acceptors (Lipinski definition) is 2. The van der Waals surface area contributed by atoms with Crippen LogP contribution < -0.4 is 0 Å². The minimum Gasteiger partial charge on any atom is -0.387 e. The first kappa shape index (κ1) is 10.7. The van der Waals surface area contributed by atoms with Crippen molar-refractivity contribution in [3.63, 3.8) is 0 Å². The van der Waals surface area contributed by atoms with E-state index in [1.165, 1.54) is 0 Å². The van der Waals surface area contributed by atoms with Gasteiger partial charge in [0.1, 0.15) is 0 Å². The summed E-state index contributed by atoms with van der Waals surface area (Å²) in [7, 11) is 0. The smallest absolute Gasteiger partial charge is 0.0951 e. The molecule has 2 aromatic carbocycles. The van der Waals surface area contributed by atoms with Gasteiger partial charge in [0.15, 0.2) is 0 Å². The number of nitrogens with zero attached hydrogens (tertiary/aromatic N) is 1. The number of rotatable bonds is 2. The number of hydrogen-bond donors (Lipinski definition) is 1. The summed E-state index contributed by atoms with van der Waals surface area (Å²) in [6, 6.07) is 15.7. The molecule has 0 amide bonds. The van der Waals surface area contributed by atoms with Crippen LogP contribution in [0.15, 0.2) is 42.5 Å². The van der Waals surface area contributed by atoms with E-state index in [0.717, 1.165) is 16.3 Å². The van der Waals surface area contributed by atoms with Crippen molar-refractivity contribution in [2.75, 3.05) is 0 Å². The van der Waals surface area contributed by atoms with Crippen LogP contribution in [0.3, 0.4) is 0 Å². The van der Waals surface area contributed by atoms with Crippen LogP contribution in [0.4, 0.5) is 0 Å². The molecular formula is C14H13NO. The Morgan fingerprint density at radius 2 is 1.81 bits per heavy atom. The summed E-state index contributed by atoms with van der Waals surface area (Å²) in [5.41, 5.74) is 0.826. The molecule has 0 bridgehead atoms. The Bertz CT molecular complexity index is 536. The van der Waals surface area contributed by atoms with Crippen LogP contribution in [-0.2, 0) is 0 Å². The molecule has 2 atom stereocenters. The van der Waals surface area contributed by atoms with Gasteiger partial charge in [-0.15, -0.1) is 0 Å². The number of nitriles is 1. The molecule has 0 aliphatic heterocycles. The maximum absolute atomic E-state index is 10.1. The van der Waals surface area contributed by atoms with E-state index in [-0.39, 0.29) is 0 Å². The molecule has 0 saturated heterocycles. The van der Waals surface area contributed by atoms with Gasteiger partial charge < -0.3 is 5.11 Å². The Kier molecular flexibility index (Phi) is 2.89. The third-order valence-corrected chi connectivity index (χ3v) is 2.82. The molecule has 0 radical (unpaired) electrons. The summed E-state index contributed by atoms with van der Waals surface area (Å²) in [5.74, 6) is -0.397. The largest absolute Gasteiger partial charge is 0.387 e. The quantitative estimate of drug-likeness (QED) is 0.829. The second-order valence-electron chi connectivity index (χ2n) is 3.93. The zero-order chi connectivity index (χ0) is 11.5. The molecule has 0 spiro atoms. The highest BCUT2D eigenvalue weighted by atomic mass is 16.3. The van der Waals surface area contributed by atoms with Gasteiger partial charge in [0.2, 0.25) is 0 Å². The van der Waals surface area contributed by atoms with Crippen molar-refractivity contribution in [1.29, 1.82) is 5.26 Å². The summed E-state index contributed by atoms with van der Waals surface area (Å²) in [5, 5.41) is 21.0. The third kappa shape index (κ3) is 1.78. The van der Waals surface area contributed by atoms with Gasteiger partial charge in [-0.25, -0.2) is 0 Å². The van der Waals surface area contributed by atoms with E-state index in [1.54, 1.807) is 6.92 Å². The fraction of sp³-hybridized carbons (Fsp3) is 0.214.